The first-order chi connectivity index (χ1) is 16.4. The molecule has 3 aromatic rings. The molecule has 0 saturated carbocycles. The molecule has 0 unspecified atom stereocenters. The molecule has 8 nitrogen and oxygen atoms in total. The van der Waals surface area contributed by atoms with E-state index in [1.807, 2.05) is 30.3 Å². The van der Waals surface area contributed by atoms with Crippen molar-refractivity contribution >= 4 is 29.4 Å². The van der Waals surface area contributed by atoms with E-state index in [2.05, 4.69) is 4.99 Å². The molecule has 0 fully saturated rings. The molecule has 0 spiro atoms. The zero-order chi connectivity index (χ0) is 24.2. The summed E-state index contributed by atoms with van der Waals surface area (Å²) >= 11 is 1.24. The van der Waals surface area contributed by atoms with Crippen LogP contribution in [0.2, 0.25) is 0 Å². The summed E-state index contributed by atoms with van der Waals surface area (Å²) in [5.74, 6) is -1.14. The van der Waals surface area contributed by atoms with E-state index in [0.717, 1.165) is 11.1 Å². The van der Waals surface area contributed by atoms with Gasteiger partial charge in [-0.3, -0.25) is 9.36 Å². The summed E-state index contributed by atoms with van der Waals surface area (Å²) in [4.78, 5) is 42.0. The van der Waals surface area contributed by atoms with Crippen molar-refractivity contribution in [3.05, 3.63) is 96.7 Å². The molecule has 2 heterocycles. The van der Waals surface area contributed by atoms with Gasteiger partial charge in [-0.1, -0.05) is 53.8 Å². The molecule has 0 radical (unpaired) electrons. The summed E-state index contributed by atoms with van der Waals surface area (Å²) in [5.41, 5.74) is 2.11. The summed E-state index contributed by atoms with van der Waals surface area (Å²) in [5, 5.41) is 8.73. The number of ether oxygens (including phenoxy) is 2. The normalized spacial score (nSPS) is 15.5. The number of hydrogen-bond donors (Lipinski definition) is 1. The Morgan fingerprint density at radius 2 is 1.85 bits per heavy atom. The molecule has 0 amide bonds. The van der Waals surface area contributed by atoms with Gasteiger partial charge in [0.05, 0.1) is 28.5 Å². The summed E-state index contributed by atoms with van der Waals surface area (Å²) in [6.45, 7) is 3.26. The van der Waals surface area contributed by atoms with Gasteiger partial charge in [-0.25, -0.2) is 14.6 Å². The van der Waals surface area contributed by atoms with Gasteiger partial charge in [0.15, 0.2) is 11.4 Å². The highest BCUT2D eigenvalue weighted by atomic mass is 32.1. The first-order valence-electron chi connectivity index (χ1n) is 10.6. The Hall–Kier alpha value is -3.98. The second-order valence-corrected chi connectivity index (χ2v) is 8.47. The average molecular weight is 479 g/mol. The average Bonchev–Trinajstić information content (AvgIpc) is 3.12. The molecule has 1 N–H and O–H groups in total. The van der Waals surface area contributed by atoms with Crippen LogP contribution in [0.25, 0.3) is 6.08 Å². The highest BCUT2D eigenvalue weighted by Crippen LogP contribution is 2.30. The fourth-order valence-electron chi connectivity index (χ4n) is 3.70. The number of esters is 1. The highest BCUT2D eigenvalue weighted by Gasteiger charge is 2.33. The van der Waals surface area contributed by atoms with E-state index in [1.165, 1.54) is 15.9 Å². The van der Waals surface area contributed by atoms with Gasteiger partial charge in [-0.15, -0.1) is 0 Å². The van der Waals surface area contributed by atoms with E-state index < -0.39 is 24.6 Å². The Kier molecular flexibility index (Phi) is 6.74. The predicted octanol–water partition coefficient (Wildman–Crippen LogP) is 2.26. The molecule has 1 atom stereocenters. The van der Waals surface area contributed by atoms with E-state index >= 15 is 0 Å². The Morgan fingerprint density at radius 3 is 2.50 bits per heavy atom. The fourth-order valence-corrected chi connectivity index (χ4v) is 4.75. The third-order valence-corrected chi connectivity index (χ3v) is 6.16. The van der Waals surface area contributed by atoms with Crippen LogP contribution in [0.5, 0.6) is 5.75 Å². The minimum absolute atomic E-state index is 0.216. The van der Waals surface area contributed by atoms with Crippen molar-refractivity contribution in [2.24, 2.45) is 4.99 Å². The molecule has 0 saturated heterocycles. The summed E-state index contributed by atoms with van der Waals surface area (Å²) in [6, 6.07) is 15.4. The van der Waals surface area contributed by atoms with Crippen LogP contribution in [0.4, 0.5) is 0 Å². The van der Waals surface area contributed by atoms with Crippen molar-refractivity contribution in [1.29, 1.82) is 0 Å². The SMILES string of the molecule is CCOC(=O)C1=C(C)N=c2s/c(=C\c3ccc(OCC(=O)O)cc3)c(=O)n2[C@@H]1c1ccccc1. The summed E-state index contributed by atoms with van der Waals surface area (Å²) in [7, 11) is 0. The number of fused-ring (bicyclic) bond motifs is 1. The molecular formula is C25H22N2O6S. The monoisotopic (exact) mass is 478 g/mol. The number of carbonyl (C=O) groups is 2. The maximum Gasteiger partial charge on any atom is 0.341 e. The van der Waals surface area contributed by atoms with Crippen LogP contribution < -0.4 is 19.6 Å². The number of hydrogen-bond acceptors (Lipinski definition) is 7. The number of carboxylic acids is 1. The zero-order valence-corrected chi connectivity index (χ0v) is 19.4. The molecule has 34 heavy (non-hydrogen) atoms. The lowest BCUT2D eigenvalue weighted by Crippen LogP contribution is -2.39. The minimum atomic E-state index is -1.06. The third kappa shape index (κ3) is 4.69. The van der Waals surface area contributed by atoms with Crippen molar-refractivity contribution < 1.29 is 24.2 Å². The lowest BCUT2D eigenvalue weighted by atomic mass is 9.96. The van der Waals surface area contributed by atoms with Gasteiger partial charge in [-0.2, -0.15) is 0 Å². The number of aromatic nitrogens is 1. The molecule has 1 aliphatic heterocycles. The molecule has 0 bridgehead atoms. The first kappa shape index (κ1) is 23.2. The number of rotatable bonds is 7. The molecule has 4 rings (SSSR count). The molecule has 9 heteroatoms. The van der Waals surface area contributed by atoms with Gasteiger partial charge in [0.2, 0.25) is 0 Å². The molecule has 1 aliphatic rings. The lowest BCUT2D eigenvalue weighted by Gasteiger charge is -2.24. The standard InChI is InChI=1S/C25H22N2O6S/c1-3-32-24(31)21-15(2)26-25-27(22(21)17-7-5-4-6-8-17)23(30)19(34-25)13-16-9-11-18(12-10-16)33-14-20(28)29/h4-13,22H,3,14H2,1-2H3,(H,28,29)/b19-13-/t22-/m1/s1. The van der Waals surface area contributed by atoms with Crippen LogP contribution in [-0.2, 0) is 14.3 Å². The van der Waals surface area contributed by atoms with Crippen molar-refractivity contribution in [2.75, 3.05) is 13.2 Å². The van der Waals surface area contributed by atoms with E-state index in [9.17, 15) is 14.4 Å². The van der Waals surface area contributed by atoms with Gasteiger partial charge >= 0.3 is 11.9 Å². The van der Waals surface area contributed by atoms with Gasteiger partial charge in [0.1, 0.15) is 5.75 Å². The number of carboxylic acid groups (broad SMARTS) is 1. The Morgan fingerprint density at radius 1 is 1.15 bits per heavy atom. The number of aliphatic carboxylic acids is 1. The van der Waals surface area contributed by atoms with Crippen LogP contribution in [0, 0.1) is 0 Å². The first-order valence-corrected chi connectivity index (χ1v) is 11.4. The lowest BCUT2D eigenvalue weighted by molar-refractivity contribution is -0.140. The molecule has 2 aromatic carbocycles. The minimum Gasteiger partial charge on any atom is -0.482 e. The molecule has 0 aliphatic carbocycles. The largest absolute Gasteiger partial charge is 0.482 e. The number of thiazole rings is 1. The van der Waals surface area contributed by atoms with E-state index in [-0.39, 0.29) is 12.2 Å². The molecule has 1 aromatic heterocycles. The quantitative estimate of drug-likeness (QED) is 0.522. The molecule has 174 valence electrons. The maximum atomic E-state index is 13.5. The maximum absolute atomic E-state index is 13.5. The second-order valence-electron chi connectivity index (χ2n) is 7.46. The third-order valence-electron chi connectivity index (χ3n) is 5.17. The predicted molar refractivity (Wildman–Crippen MR) is 126 cm³/mol. The Bertz CT molecular complexity index is 1440. The number of carbonyl (C=O) groups excluding carboxylic acids is 1. The van der Waals surface area contributed by atoms with E-state index in [1.54, 1.807) is 44.2 Å². The van der Waals surface area contributed by atoms with Crippen molar-refractivity contribution in [3.63, 3.8) is 0 Å². The highest BCUT2D eigenvalue weighted by molar-refractivity contribution is 7.07. The van der Waals surface area contributed by atoms with Crippen LogP contribution in [0.15, 0.2) is 75.7 Å². The number of nitrogens with zero attached hydrogens (tertiary/aromatic N) is 2. The summed E-state index contributed by atoms with van der Waals surface area (Å²) < 4.78 is 12.4. The topological polar surface area (TPSA) is 107 Å². The van der Waals surface area contributed by atoms with E-state index in [0.29, 0.717) is 26.4 Å². The number of benzene rings is 2. The van der Waals surface area contributed by atoms with Crippen LogP contribution in [0.3, 0.4) is 0 Å². The summed E-state index contributed by atoms with van der Waals surface area (Å²) in [6.07, 6.45) is 1.73. The fraction of sp³-hybridized carbons (Fsp3) is 0.200. The Balaban J connectivity index is 1.80. The van der Waals surface area contributed by atoms with Crippen molar-refractivity contribution in [1.82, 2.24) is 4.57 Å². The van der Waals surface area contributed by atoms with Gasteiger partial charge in [-0.05, 0) is 43.2 Å². The van der Waals surface area contributed by atoms with Gasteiger partial charge in [0, 0.05) is 0 Å². The van der Waals surface area contributed by atoms with Crippen LogP contribution in [-0.4, -0.2) is 34.8 Å². The van der Waals surface area contributed by atoms with Crippen LogP contribution in [0.1, 0.15) is 31.0 Å². The van der Waals surface area contributed by atoms with Gasteiger partial charge in [0.25, 0.3) is 5.56 Å². The number of allylic oxidation sites excluding steroid dienone is 1. The Labute approximate surface area is 198 Å². The molecular weight excluding hydrogens is 456 g/mol. The second kappa shape index (κ2) is 9.88. The smallest absolute Gasteiger partial charge is 0.341 e. The van der Waals surface area contributed by atoms with Gasteiger partial charge < -0.3 is 14.6 Å². The van der Waals surface area contributed by atoms with Crippen LogP contribution >= 0.6 is 11.3 Å². The van der Waals surface area contributed by atoms with Crippen molar-refractivity contribution in [2.45, 2.75) is 19.9 Å². The van der Waals surface area contributed by atoms with Crippen molar-refractivity contribution in [3.8, 4) is 5.75 Å². The van der Waals surface area contributed by atoms with E-state index in [4.69, 9.17) is 14.6 Å². The zero-order valence-electron chi connectivity index (χ0n) is 18.6.